The second kappa shape index (κ2) is 9.50. The largest absolute Gasteiger partial charge is 0.481 e. The predicted molar refractivity (Wildman–Crippen MR) is 140 cm³/mol. The molecule has 0 spiro atoms. The topological polar surface area (TPSA) is 124 Å². The number of pyridine rings is 1. The molecule has 4 heterocycles. The zero-order chi connectivity index (χ0) is 27.2. The van der Waals surface area contributed by atoms with Gasteiger partial charge in [-0.05, 0) is 54.6 Å². The van der Waals surface area contributed by atoms with Crippen LogP contribution in [-0.2, 0) is 25.2 Å². The van der Waals surface area contributed by atoms with Crippen LogP contribution >= 0.6 is 11.3 Å². The number of thiophene rings is 1. The molecule has 0 aliphatic carbocycles. The summed E-state index contributed by atoms with van der Waals surface area (Å²) in [4.78, 5) is 35.8. The molecule has 1 unspecified atom stereocenters. The van der Waals surface area contributed by atoms with Gasteiger partial charge >= 0.3 is 0 Å². The van der Waals surface area contributed by atoms with Gasteiger partial charge in [0.05, 0.1) is 30.5 Å². The first-order valence-electron chi connectivity index (χ1n) is 11.8. The van der Waals surface area contributed by atoms with E-state index in [1.807, 2.05) is 0 Å². The van der Waals surface area contributed by atoms with Crippen molar-refractivity contribution in [2.24, 2.45) is 0 Å². The smallest absolute Gasteiger partial charge is 0.280 e. The number of hydrogen-bond acceptors (Lipinski definition) is 9. The summed E-state index contributed by atoms with van der Waals surface area (Å²) in [5, 5.41) is 11.4. The quantitative estimate of drug-likeness (QED) is 0.458. The maximum absolute atomic E-state index is 14.8. The van der Waals surface area contributed by atoms with Crippen LogP contribution in [0.1, 0.15) is 29.5 Å². The molecule has 2 atom stereocenters. The third kappa shape index (κ3) is 3.61. The van der Waals surface area contributed by atoms with Gasteiger partial charge in [-0.3, -0.25) is 14.5 Å². The number of carbonyl (C=O) groups is 2. The van der Waals surface area contributed by atoms with Gasteiger partial charge in [0.2, 0.25) is 11.8 Å². The van der Waals surface area contributed by atoms with E-state index in [2.05, 4.69) is 11.1 Å². The Hall–Kier alpha value is -3.79. The Morgan fingerprint density at radius 3 is 2.68 bits per heavy atom. The molecule has 0 radical (unpaired) electrons. The molecule has 1 fully saturated rings. The number of benzene rings is 1. The SMILES string of the molecule is COc1ncccc1[C@]1(N2CCCC2C(=O)N(C)C)C(=O)N(S(=O)(=O)c2cccs2)c2ccc(C#N)cc21. The minimum absolute atomic E-state index is 0.00236. The highest BCUT2D eigenvalue weighted by atomic mass is 32.2. The number of likely N-dealkylation sites (tertiary alicyclic amines) is 1. The molecule has 1 aromatic carbocycles. The highest BCUT2D eigenvalue weighted by Gasteiger charge is 2.63. The number of nitrogens with zero attached hydrogens (tertiary/aromatic N) is 5. The van der Waals surface area contributed by atoms with Crippen molar-refractivity contribution in [1.82, 2.24) is 14.8 Å². The average Bonchev–Trinajstić information content (AvgIpc) is 3.67. The highest BCUT2D eigenvalue weighted by Crippen LogP contribution is 2.54. The lowest BCUT2D eigenvalue weighted by molar-refractivity contribution is -0.138. The molecule has 0 bridgehead atoms. The minimum atomic E-state index is -4.32. The number of amides is 2. The molecule has 5 rings (SSSR count). The van der Waals surface area contributed by atoms with Crippen LogP contribution in [-0.4, -0.2) is 68.8 Å². The molecule has 2 aliphatic rings. The molecule has 12 heteroatoms. The van der Waals surface area contributed by atoms with Gasteiger partial charge in [-0.1, -0.05) is 6.07 Å². The van der Waals surface area contributed by atoms with Gasteiger partial charge in [0.1, 0.15) is 4.21 Å². The molecule has 2 amide bonds. The summed E-state index contributed by atoms with van der Waals surface area (Å²) in [6, 6.07) is 12.2. The number of carbonyl (C=O) groups excluding carboxylic acids is 2. The Kier molecular flexibility index (Phi) is 6.46. The summed E-state index contributed by atoms with van der Waals surface area (Å²) >= 11 is 1.00. The van der Waals surface area contributed by atoms with E-state index in [0.29, 0.717) is 24.9 Å². The van der Waals surface area contributed by atoms with E-state index < -0.39 is 27.5 Å². The van der Waals surface area contributed by atoms with E-state index in [4.69, 9.17) is 4.74 Å². The number of aromatic nitrogens is 1. The minimum Gasteiger partial charge on any atom is -0.481 e. The Morgan fingerprint density at radius 1 is 1.24 bits per heavy atom. The van der Waals surface area contributed by atoms with E-state index in [-0.39, 0.29) is 32.8 Å². The summed E-state index contributed by atoms with van der Waals surface area (Å²) in [5.74, 6) is -0.872. The zero-order valence-corrected chi connectivity index (χ0v) is 22.6. The first-order valence-corrected chi connectivity index (χ1v) is 14.2. The van der Waals surface area contributed by atoms with E-state index in [1.54, 1.807) is 42.6 Å². The molecular weight excluding hydrogens is 526 g/mol. The monoisotopic (exact) mass is 551 g/mol. The van der Waals surface area contributed by atoms with Gasteiger partial charge in [0, 0.05) is 38.0 Å². The fourth-order valence-corrected chi connectivity index (χ4v) is 7.95. The normalized spacial score (nSPS) is 21.3. The van der Waals surface area contributed by atoms with Crippen molar-refractivity contribution in [3.63, 3.8) is 0 Å². The standard InChI is InChI=1S/C26H25N5O5S2/c1-29(2)24(32)21-8-5-13-30(21)26(18-7-4-12-28-23(18)36-3)19-15-17(16-27)10-11-20(19)31(25(26)33)38(34,35)22-9-6-14-37-22/h4,6-7,9-12,14-15,21H,5,8,13H2,1-3H3/t21?,26-/m1/s1. The van der Waals surface area contributed by atoms with Gasteiger partial charge < -0.3 is 9.64 Å². The van der Waals surface area contributed by atoms with Gasteiger partial charge in [0.25, 0.3) is 15.9 Å². The number of sulfonamides is 1. The molecule has 38 heavy (non-hydrogen) atoms. The third-order valence-corrected chi connectivity index (χ3v) is 10.1. The van der Waals surface area contributed by atoms with Crippen LogP contribution in [0.4, 0.5) is 5.69 Å². The maximum Gasteiger partial charge on any atom is 0.280 e. The molecule has 3 aromatic rings. The van der Waals surface area contributed by atoms with Crippen molar-refractivity contribution in [2.45, 2.75) is 28.6 Å². The van der Waals surface area contributed by atoms with Crippen molar-refractivity contribution in [1.29, 1.82) is 5.26 Å². The maximum atomic E-state index is 14.8. The Bertz CT molecular complexity index is 1560. The molecular formula is C26H25N5O5S2. The number of rotatable bonds is 6. The van der Waals surface area contributed by atoms with Crippen LogP contribution in [0.15, 0.2) is 58.3 Å². The number of ether oxygens (including phenoxy) is 1. The number of likely N-dealkylation sites (N-methyl/N-ethyl adjacent to an activating group) is 1. The summed E-state index contributed by atoms with van der Waals surface area (Å²) in [5.41, 5.74) is -0.846. The zero-order valence-electron chi connectivity index (χ0n) is 21.0. The highest BCUT2D eigenvalue weighted by molar-refractivity contribution is 7.95. The predicted octanol–water partition coefficient (Wildman–Crippen LogP) is 2.56. The Balaban J connectivity index is 1.89. The number of methoxy groups -OCH3 is 1. The Morgan fingerprint density at radius 2 is 2.03 bits per heavy atom. The van der Waals surface area contributed by atoms with E-state index in [9.17, 15) is 23.3 Å². The first-order chi connectivity index (χ1) is 18.2. The molecule has 196 valence electrons. The van der Waals surface area contributed by atoms with Crippen molar-refractivity contribution < 1.29 is 22.7 Å². The van der Waals surface area contributed by atoms with Crippen molar-refractivity contribution in [3.8, 4) is 11.9 Å². The fraction of sp³-hybridized carbons (Fsp3) is 0.308. The number of hydrogen-bond donors (Lipinski definition) is 0. The lowest BCUT2D eigenvalue weighted by Crippen LogP contribution is -2.59. The molecule has 0 saturated carbocycles. The van der Waals surface area contributed by atoms with Crippen molar-refractivity contribution in [3.05, 3.63) is 70.7 Å². The van der Waals surface area contributed by atoms with Crippen molar-refractivity contribution in [2.75, 3.05) is 32.1 Å². The van der Waals surface area contributed by atoms with Gasteiger partial charge in [0.15, 0.2) is 5.54 Å². The summed E-state index contributed by atoms with van der Waals surface area (Å²) < 4.78 is 34.3. The first kappa shape index (κ1) is 25.8. The number of anilines is 1. The molecule has 2 aromatic heterocycles. The van der Waals surface area contributed by atoms with Crippen molar-refractivity contribution >= 4 is 38.9 Å². The lowest BCUT2D eigenvalue weighted by Gasteiger charge is -2.41. The van der Waals surface area contributed by atoms with Crippen LogP contribution in [0.3, 0.4) is 0 Å². The van der Waals surface area contributed by atoms with Crippen LogP contribution in [0.5, 0.6) is 5.88 Å². The molecule has 2 aliphatic heterocycles. The average molecular weight is 552 g/mol. The fourth-order valence-electron chi connectivity index (χ4n) is 5.43. The summed E-state index contributed by atoms with van der Waals surface area (Å²) in [6.07, 6.45) is 2.58. The van der Waals surface area contributed by atoms with Crippen LogP contribution in [0, 0.1) is 11.3 Å². The van der Waals surface area contributed by atoms with Crippen LogP contribution in [0.2, 0.25) is 0 Å². The second-order valence-corrected chi connectivity index (χ2v) is 12.2. The summed E-state index contributed by atoms with van der Waals surface area (Å²) in [7, 11) is 0.373. The van der Waals surface area contributed by atoms with E-state index in [0.717, 1.165) is 15.6 Å². The molecule has 0 N–H and O–H groups in total. The van der Waals surface area contributed by atoms with Crippen LogP contribution < -0.4 is 9.04 Å². The number of fused-ring (bicyclic) bond motifs is 1. The second-order valence-electron chi connectivity index (χ2n) is 9.21. The van der Waals surface area contributed by atoms with E-state index >= 15 is 0 Å². The lowest BCUT2D eigenvalue weighted by atomic mass is 9.81. The molecule has 10 nitrogen and oxygen atoms in total. The number of nitriles is 1. The summed E-state index contributed by atoms with van der Waals surface area (Å²) in [6.45, 7) is 0.331. The Labute approximate surface area is 224 Å². The third-order valence-electron chi connectivity index (χ3n) is 6.98. The van der Waals surface area contributed by atoms with Gasteiger partial charge in [-0.25, -0.2) is 4.98 Å². The van der Waals surface area contributed by atoms with Gasteiger partial charge in [-0.15, -0.1) is 11.3 Å². The van der Waals surface area contributed by atoms with Crippen LogP contribution in [0.25, 0.3) is 0 Å². The molecule has 1 saturated heterocycles. The van der Waals surface area contributed by atoms with Gasteiger partial charge in [-0.2, -0.15) is 18.0 Å². The van der Waals surface area contributed by atoms with E-state index in [1.165, 1.54) is 42.5 Å².